The molecule has 2 atom stereocenters. The van der Waals surface area contributed by atoms with E-state index in [-0.39, 0.29) is 0 Å². The summed E-state index contributed by atoms with van der Waals surface area (Å²) in [5.74, 6) is 0.764. The molecule has 1 aromatic carbocycles. The molecule has 0 radical (unpaired) electrons. The van der Waals surface area contributed by atoms with Gasteiger partial charge >= 0.3 is 0 Å². The van der Waals surface area contributed by atoms with Crippen LogP contribution in [0.15, 0.2) is 18.2 Å². The van der Waals surface area contributed by atoms with Crippen LogP contribution in [0.5, 0.6) is 0 Å². The largest absolute Gasteiger partial charge is 0.313 e. The average Bonchev–Trinajstić information content (AvgIpc) is 2.91. The maximum atomic E-state index is 3.77. The first-order valence-corrected chi connectivity index (χ1v) is 8.58. The summed E-state index contributed by atoms with van der Waals surface area (Å²) in [5, 5.41) is 3.77. The minimum Gasteiger partial charge on any atom is -0.313 e. The van der Waals surface area contributed by atoms with Gasteiger partial charge in [-0.25, -0.2) is 0 Å². The SMILES string of the molecule is CCCNC(Cc1ccc2c(c1)CCC2)C(C)CCC. The smallest absolute Gasteiger partial charge is 0.0133 e. The molecule has 0 amide bonds. The Morgan fingerprint density at radius 1 is 1.10 bits per heavy atom. The lowest BCUT2D eigenvalue weighted by Gasteiger charge is -2.25. The maximum absolute atomic E-state index is 3.77. The average molecular weight is 273 g/mol. The highest BCUT2D eigenvalue weighted by Crippen LogP contribution is 2.24. The van der Waals surface area contributed by atoms with Gasteiger partial charge in [0.1, 0.15) is 0 Å². The van der Waals surface area contributed by atoms with Crippen LogP contribution in [0.3, 0.4) is 0 Å². The van der Waals surface area contributed by atoms with E-state index >= 15 is 0 Å². The first-order valence-electron chi connectivity index (χ1n) is 8.58. The van der Waals surface area contributed by atoms with Gasteiger partial charge in [-0.05, 0) is 67.7 Å². The molecule has 2 unspecified atom stereocenters. The van der Waals surface area contributed by atoms with E-state index in [1.807, 2.05) is 0 Å². The number of benzene rings is 1. The Hall–Kier alpha value is -0.820. The fourth-order valence-corrected chi connectivity index (χ4v) is 3.47. The predicted octanol–water partition coefficient (Wildman–Crippen LogP) is 4.52. The Morgan fingerprint density at radius 2 is 1.90 bits per heavy atom. The molecular weight excluding hydrogens is 242 g/mol. The number of nitrogens with one attached hydrogen (secondary N) is 1. The molecule has 1 N–H and O–H groups in total. The summed E-state index contributed by atoms with van der Waals surface area (Å²) in [7, 11) is 0. The zero-order valence-corrected chi connectivity index (χ0v) is 13.5. The fourth-order valence-electron chi connectivity index (χ4n) is 3.47. The Labute approximate surface area is 125 Å². The van der Waals surface area contributed by atoms with E-state index in [0.717, 1.165) is 12.5 Å². The summed E-state index contributed by atoms with van der Waals surface area (Å²) in [6.45, 7) is 8.10. The number of hydrogen-bond donors (Lipinski definition) is 1. The predicted molar refractivity (Wildman–Crippen MR) is 88.3 cm³/mol. The zero-order chi connectivity index (χ0) is 14.4. The van der Waals surface area contributed by atoms with Gasteiger partial charge in [0.25, 0.3) is 0 Å². The highest BCUT2D eigenvalue weighted by molar-refractivity contribution is 5.35. The molecule has 0 aliphatic heterocycles. The van der Waals surface area contributed by atoms with E-state index in [1.165, 1.54) is 50.5 Å². The van der Waals surface area contributed by atoms with Crippen LogP contribution in [0.4, 0.5) is 0 Å². The van der Waals surface area contributed by atoms with Crippen molar-refractivity contribution in [2.24, 2.45) is 5.92 Å². The Morgan fingerprint density at radius 3 is 2.65 bits per heavy atom. The van der Waals surface area contributed by atoms with Crippen molar-refractivity contribution in [2.45, 2.75) is 71.8 Å². The first-order chi connectivity index (χ1) is 9.74. The molecule has 112 valence electrons. The molecule has 1 nitrogen and oxygen atoms in total. The second kappa shape index (κ2) is 7.83. The van der Waals surface area contributed by atoms with Crippen molar-refractivity contribution in [1.82, 2.24) is 5.32 Å². The normalized spacial score (nSPS) is 16.9. The van der Waals surface area contributed by atoms with Crippen LogP contribution in [0.2, 0.25) is 0 Å². The van der Waals surface area contributed by atoms with Gasteiger partial charge < -0.3 is 5.32 Å². The van der Waals surface area contributed by atoms with E-state index in [0.29, 0.717) is 6.04 Å². The van der Waals surface area contributed by atoms with Crippen molar-refractivity contribution >= 4 is 0 Å². The first kappa shape index (κ1) is 15.6. The topological polar surface area (TPSA) is 12.0 Å². The van der Waals surface area contributed by atoms with Crippen LogP contribution in [0, 0.1) is 5.92 Å². The van der Waals surface area contributed by atoms with Gasteiger partial charge in [-0.1, -0.05) is 45.4 Å². The third kappa shape index (κ3) is 4.09. The molecule has 1 aliphatic carbocycles. The number of rotatable bonds is 8. The maximum Gasteiger partial charge on any atom is 0.0133 e. The van der Waals surface area contributed by atoms with Crippen molar-refractivity contribution in [3.63, 3.8) is 0 Å². The summed E-state index contributed by atoms with van der Waals surface area (Å²) in [5.41, 5.74) is 4.73. The molecular formula is C19H31N. The van der Waals surface area contributed by atoms with Crippen LogP contribution in [0.25, 0.3) is 0 Å². The lowest BCUT2D eigenvalue weighted by molar-refractivity contribution is 0.352. The van der Waals surface area contributed by atoms with E-state index in [9.17, 15) is 0 Å². The van der Waals surface area contributed by atoms with Gasteiger partial charge in [0.15, 0.2) is 0 Å². The standard InChI is InChI=1S/C19H31N/c1-4-7-15(3)19(20-12-5-2)14-16-10-11-17-8-6-9-18(17)13-16/h10-11,13,15,19-20H,4-9,12,14H2,1-3H3. The fraction of sp³-hybridized carbons (Fsp3) is 0.684. The third-order valence-corrected chi connectivity index (χ3v) is 4.71. The van der Waals surface area contributed by atoms with Crippen LogP contribution >= 0.6 is 0 Å². The number of aryl methyl sites for hydroxylation is 2. The molecule has 0 spiro atoms. The lowest BCUT2D eigenvalue weighted by Crippen LogP contribution is -2.37. The molecule has 0 heterocycles. The molecule has 0 saturated heterocycles. The minimum absolute atomic E-state index is 0.634. The highest BCUT2D eigenvalue weighted by Gasteiger charge is 2.18. The van der Waals surface area contributed by atoms with Gasteiger partial charge in [0.2, 0.25) is 0 Å². The van der Waals surface area contributed by atoms with Gasteiger partial charge in [0, 0.05) is 6.04 Å². The second-order valence-corrected chi connectivity index (χ2v) is 6.49. The molecule has 2 rings (SSSR count). The zero-order valence-electron chi connectivity index (χ0n) is 13.5. The summed E-state index contributed by atoms with van der Waals surface area (Å²) in [6, 6.07) is 7.85. The summed E-state index contributed by atoms with van der Waals surface area (Å²) in [4.78, 5) is 0. The van der Waals surface area contributed by atoms with Crippen molar-refractivity contribution in [2.75, 3.05) is 6.54 Å². The monoisotopic (exact) mass is 273 g/mol. The van der Waals surface area contributed by atoms with Crippen molar-refractivity contribution in [3.8, 4) is 0 Å². The molecule has 0 saturated carbocycles. The minimum atomic E-state index is 0.634. The molecule has 1 aliphatic rings. The van der Waals surface area contributed by atoms with Crippen molar-refractivity contribution in [1.29, 1.82) is 0 Å². The van der Waals surface area contributed by atoms with Gasteiger partial charge in [-0.2, -0.15) is 0 Å². The molecule has 1 aromatic rings. The molecule has 20 heavy (non-hydrogen) atoms. The van der Waals surface area contributed by atoms with E-state index in [1.54, 1.807) is 11.1 Å². The number of fused-ring (bicyclic) bond motifs is 1. The van der Waals surface area contributed by atoms with Crippen LogP contribution in [0.1, 0.15) is 63.1 Å². The van der Waals surface area contributed by atoms with Crippen LogP contribution < -0.4 is 5.32 Å². The lowest BCUT2D eigenvalue weighted by atomic mass is 9.90. The third-order valence-electron chi connectivity index (χ3n) is 4.71. The molecule has 0 aromatic heterocycles. The summed E-state index contributed by atoms with van der Waals surface area (Å²) >= 11 is 0. The van der Waals surface area contributed by atoms with Crippen LogP contribution in [-0.2, 0) is 19.3 Å². The summed E-state index contributed by atoms with van der Waals surface area (Å²) < 4.78 is 0. The van der Waals surface area contributed by atoms with Crippen molar-refractivity contribution < 1.29 is 0 Å². The van der Waals surface area contributed by atoms with Gasteiger partial charge in [0.05, 0.1) is 0 Å². The highest BCUT2D eigenvalue weighted by atomic mass is 14.9. The van der Waals surface area contributed by atoms with E-state index < -0.39 is 0 Å². The number of hydrogen-bond acceptors (Lipinski definition) is 1. The second-order valence-electron chi connectivity index (χ2n) is 6.49. The Bertz CT molecular complexity index is 410. The van der Waals surface area contributed by atoms with Gasteiger partial charge in [-0.3, -0.25) is 0 Å². The quantitative estimate of drug-likeness (QED) is 0.734. The summed E-state index contributed by atoms with van der Waals surface area (Å²) in [6.07, 6.45) is 8.96. The molecule has 1 heteroatoms. The van der Waals surface area contributed by atoms with E-state index in [4.69, 9.17) is 0 Å². The molecule has 0 bridgehead atoms. The van der Waals surface area contributed by atoms with E-state index in [2.05, 4.69) is 44.3 Å². The van der Waals surface area contributed by atoms with Crippen molar-refractivity contribution in [3.05, 3.63) is 34.9 Å². The Kier molecular flexibility index (Phi) is 6.09. The molecule has 0 fully saturated rings. The Balaban J connectivity index is 2.02. The van der Waals surface area contributed by atoms with Gasteiger partial charge in [-0.15, -0.1) is 0 Å². The van der Waals surface area contributed by atoms with Crippen LogP contribution in [-0.4, -0.2) is 12.6 Å².